The topological polar surface area (TPSA) is 60.5 Å². The van der Waals surface area contributed by atoms with Crippen LogP contribution in [0.2, 0.25) is 0 Å². The number of ether oxygens (including phenoxy) is 2. The lowest BCUT2D eigenvalue weighted by molar-refractivity contribution is -0.261. The minimum Gasteiger partial charge on any atom is -0.399 e. The average Bonchev–Trinajstić information content (AvgIpc) is 2.96. The van der Waals surface area contributed by atoms with Crippen molar-refractivity contribution in [1.82, 2.24) is 10.1 Å². The van der Waals surface area contributed by atoms with Gasteiger partial charge < -0.3 is 9.47 Å². The molecule has 2 heterocycles. The van der Waals surface area contributed by atoms with E-state index in [1.807, 2.05) is 12.2 Å². The Kier molecular flexibility index (Phi) is 18.8. The quantitative estimate of drug-likeness (QED) is 0.0744. The molecule has 0 aromatic carbocycles. The first-order valence-electron chi connectivity index (χ1n) is 19.8. The summed E-state index contributed by atoms with van der Waals surface area (Å²) in [4.78, 5) is 25.8. The van der Waals surface area contributed by atoms with Gasteiger partial charge in [-0.1, -0.05) is 117 Å². The van der Waals surface area contributed by atoms with E-state index in [2.05, 4.69) is 79.4 Å². The van der Waals surface area contributed by atoms with Crippen LogP contribution in [0.3, 0.4) is 0 Å². The summed E-state index contributed by atoms with van der Waals surface area (Å²) in [6.45, 7) is 22.9. The van der Waals surface area contributed by atoms with E-state index in [1.54, 1.807) is 0 Å². The Bertz CT molecular complexity index is 907. The summed E-state index contributed by atoms with van der Waals surface area (Å²) in [7, 11) is 0. The molecule has 0 N–H and O–H groups in total. The van der Waals surface area contributed by atoms with E-state index in [-0.39, 0.29) is 11.1 Å². The lowest BCUT2D eigenvalue weighted by Crippen LogP contribution is -2.57. The van der Waals surface area contributed by atoms with Crippen molar-refractivity contribution in [1.29, 1.82) is 0 Å². The van der Waals surface area contributed by atoms with Crippen LogP contribution in [-0.4, -0.2) is 51.7 Å². The number of hydrogen-bond acceptors (Lipinski definition) is 7. The number of hydroxylamine groups is 4. The largest absolute Gasteiger partial charge is 0.518 e. The molecular formula is C41H76N2O5. The van der Waals surface area contributed by atoms with Crippen molar-refractivity contribution in [2.24, 2.45) is 0 Å². The Morgan fingerprint density at radius 2 is 0.812 bits per heavy atom. The molecule has 0 radical (unpaired) electrons. The van der Waals surface area contributed by atoms with Crippen molar-refractivity contribution in [3.8, 4) is 0 Å². The van der Waals surface area contributed by atoms with Gasteiger partial charge in [0.2, 0.25) is 0 Å². The van der Waals surface area contributed by atoms with Crippen LogP contribution in [0.25, 0.3) is 0 Å². The number of carbonyl (C=O) groups is 1. The van der Waals surface area contributed by atoms with Crippen LogP contribution in [0, 0.1) is 0 Å². The van der Waals surface area contributed by atoms with Gasteiger partial charge in [-0.25, -0.2) is 4.79 Å². The normalized spacial score (nSPS) is 20.3. The van der Waals surface area contributed by atoms with E-state index < -0.39 is 17.2 Å². The zero-order valence-corrected chi connectivity index (χ0v) is 33.1. The van der Waals surface area contributed by atoms with Crippen LogP contribution in [0.5, 0.6) is 0 Å². The molecule has 0 spiro atoms. The van der Waals surface area contributed by atoms with Gasteiger partial charge in [-0.15, -0.1) is 0 Å². The van der Waals surface area contributed by atoms with E-state index in [0.717, 1.165) is 12.8 Å². The van der Waals surface area contributed by atoms with Crippen LogP contribution in [0.15, 0.2) is 23.7 Å². The molecule has 2 rings (SSSR count). The second-order valence-corrected chi connectivity index (χ2v) is 16.9. The first-order chi connectivity index (χ1) is 22.6. The van der Waals surface area contributed by atoms with Crippen molar-refractivity contribution in [3.05, 3.63) is 23.7 Å². The standard InChI is InChI=1S/C41H76N2O5/c1-11-13-15-17-19-21-23-25-27-29-45-42-38(3,4)31-35(32-39(42,5)6)47-37(44)48-36-33-40(7,8)43(41(9,10)34-36)46-30-28-26-24-22-20-18-16-14-12-2/h31,33H,11-30,32,34H2,1-10H3. The first kappa shape index (κ1) is 42.8. The van der Waals surface area contributed by atoms with E-state index >= 15 is 0 Å². The van der Waals surface area contributed by atoms with Crippen LogP contribution in [0.1, 0.15) is 198 Å². The fourth-order valence-corrected chi connectivity index (χ4v) is 7.75. The fourth-order valence-electron chi connectivity index (χ4n) is 7.75. The van der Waals surface area contributed by atoms with Crippen LogP contribution in [-0.2, 0) is 19.1 Å². The highest BCUT2D eigenvalue weighted by Crippen LogP contribution is 2.40. The Labute approximate surface area is 296 Å². The molecule has 0 unspecified atom stereocenters. The molecular weight excluding hydrogens is 600 g/mol. The van der Waals surface area contributed by atoms with E-state index in [9.17, 15) is 4.79 Å². The zero-order valence-electron chi connectivity index (χ0n) is 33.1. The molecule has 2 aliphatic heterocycles. The maximum absolute atomic E-state index is 13.1. The van der Waals surface area contributed by atoms with E-state index in [1.165, 1.54) is 103 Å². The minimum atomic E-state index is -0.682. The summed E-state index contributed by atoms with van der Waals surface area (Å²) in [5.41, 5.74) is -1.55. The van der Waals surface area contributed by atoms with Gasteiger partial charge in [-0.3, -0.25) is 9.68 Å². The molecule has 0 bridgehead atoms. The van der Waals surface area contributed by atoms with Gasteiger partial charge in [0, 0.05) is 23.9 Å². The number of rotatable bonds is 24. The van der Waals surface area contributed by atoms with E-state index in [0.29, 0.717) is 37.6 Å². The van der Waals surface area contributed by atoms with Gasteiger partial charge in [0.1, 0.15) is 11.5 Å². The third kappa shape index (κ3) is 15.2. The second kappa shape index (κ2) is 21.1. The summed E-state index contributed by atoms with van der Waals surface area (Å²) < 4.78 is 11.7. The van der Waals surface area contributed by atoms with Gasteiger partial charge >= 0.3 is 6.16 Å². The van der Waals surface area contributed by atoms with Crippen LogP contribution >= 0.6 is 0 Å². The van der Waals surface area contributed by atoms with Crippen molar-refractivity contribution >= 4 is 6.16 Å². The van der Waals surface area contributed by atoms with Crippen LogP contribution in [0.4, 0.5) is 4.79 Å². The summed E-state index contributed by atoms with van der Waals surface area (Å²) in [5, 5.41) is 4.17. The highest BCUT2D eigenvalue weighted by molar-refractivity contribution is 5.63. The molecule has 0 atom stereocenters. The predicted octanol–water partition coefficient (Wildman–Crippen LogP) is 12.4. The highest BCUT2D eigenvalue weighted by Gasteiger charge is 2.45. The molecule has 280 valence electrons. The SMILES string of the molecule is CCCCCCCCCCCON1C(C)(C)C=C(OC(=O)OC2=CC(C)(C)N(OCCCCCCCCCCC)C(C)(C)C2)CC1(C)C. The molecule has 0 aliphatic carbocycles. The third-order valence-corrected chi connectivity index (χ3v) is 9.75. The molecule has 7 nitrogen and oxygen atoms in total. The Hall–Kier alpha value is -1.41. The molecule has 0 saturated heterocycles. The average molecular weight is 677 g/mol. The number of hydrogen-bond donors (Lipinski definition) is 0. The lowest BCUT2D eigenvalue weighted by atomic mass is 9.86. The summed E-state index contributed by atoms with van der Waals surface area (Å²) in [6.07, 6.45) is 27.6. The number of carbonyl (C=O) groups excluding carboxylic acids is 1. The minimum absolute atomic E-state index is 0.340. The van der Waals surface area contributed by atoms with Gasteiger partial charge in [0.05, 0.1) is 24.3 Å². The summed E-state index contributed by atoms with van der Waals surface area (Å²) in [6, 6.07) is 0. The molecule has 2 aliphatic rings. The number of unbranched alkanes of at least 4 members (excludes halogenated alkanes) is 16. The van der Waals surface area contributed by atoms with Gasteiger partial charge in [-0.05, 0) is 80.4 Å². The molecule has 0 fully saturated rings. The lowest BCUT2D eigenvalue weighted by Gasteiger charge is -2.49. The monoisotopic (exact) mass is 677 g/mol. The van der Waals surface area contributed by atoms with E-state index in [4.69, 9.17) is 19.1 Å². The predicted molar refractivity (Wildman–Crippen MR) is 199 cm³/mol. The molecule has 0 aromatic heterocycles. The Morgan fingerprint density at radius 1 is 0.521 bits per heavy atom. The first-order valence-corrected chi connectivity index (χ1v) is 19.8. The van der Waals surface area contributed by atoms with Gasteiger partial charge in [0.15, 0.2) is 0 Å². The summed E-state index contributed by atoms with van der Waals surface area (Å²) >= 11 is 0. The van der Waals surface area contributed by atoms with Gasteiger partial charge in [0.25, 0.3) is 0 Å². The molecule has 0 aromatic rings. The smallest absolute Gasteiger partial charge is 0.399 e. The number of nitrogens with zero attached hydrogens (tertiary/aromatic N) is 2. The molecule has 0 saturated carbocycles. The Balaban J connectivity index is 1.82. The fraction of sp³-hybridized carbons (Fsp3) is 0.878. The van der Waals surface area contributed by atoms with Crippen LogP contribution < -0.4 is 0 Å². The third-order valence-electron chi connectivity index (χ3n) is 9.75. The maximum atomic E-state index is 13.1. The van der Waals surface area contributed by atoms with Crippen molar-refractivity contribution in [2.45, 2.75) is 220 Å². The van der Waals surface area contributed by atoms with Gasteiger partial charge in [-0.2, -0.15) is 10.1 Å². The molecule has 7 heteroatoms. The Morgan fingerprint density at radius 3 is 1.10 bits per heavy atom. The molecule has 0 amide bonds. The second-order valence-electron chi connectivity index (χ2n) is 16.9. The van der Waals surface area contributed by atoms with Crippen molar-refractivity contribution in [2.75, 3.05) is 13.2 Å². The zero-order chi connectivity index (χ0) is 35.7. The molecule has 48 heavy (non-hydrogen) atoms. The summed E-state index contributed by atoms with van der Waals surface area (Å²) in [5.74, 6) is 1.25. The van der Waals surface area contributed by atoms with Crippen molar-refractivity contribution < 1.29 is 23.9 Å². The highest BCUT2D eigenvalue weighted by atomic mass is 16.7. The van der Waals surface area contributed by atoms with Crippen molar-refractivity contribution in [3.63, 3.8) is 0 Å². The maximum Gasteiger partial charge on any atom is 0.518 e.